The number of aryl methyl sites for hydroxylation is 2. The molecule has 0 aliphatic rings. The average molecular weight is 258 g/mol. The van der Waals surface area contributed by atoms with Crippen LogP contribution in [0.15, 0.2) is 6.20 Å². The minimum Gasteiger partial charge on any atom is -0.357 e. The van der Waals surface area contributed by atoms with Crippen LogP contribution in [0.3, 0.4) is 0 Å². The maximum Gasteiger partial charge on any atom is 0.150 e. The van der Waals surface area contributed by atoms with Gasteiger partial charge >= 0.3 is 0 Å². The molecule has 1 aromatic heterocycles. The van der Waals surface area contributed by atoms with Gasteiger partial charge in [-0.1, -0.05) is 22.9 Å². The third-order valence-corrected chi connectivity index (χ3v) is 2.23. The summed E-state index contributed by atoms with van der Waals surface area (Å²) in [6.45, 7) is 6.99. The van der Waals surface area contributed by atoms with Crippen molar-refractivity contribution in [2.45, 2.75) is 25.6 Å². The van der Waals surface area contributed by atoms with E-state index in [2.05, 4.69) is 37.7 Å². The zero-order valence-electron chi connectivity index (χ0n) is 9.08. The minimum atomic E-state index is 0.453. The molecular formula is C10H16BrN3. The maximum atomic E-state index is 4.47. The third-order valence-electron chi connectivity index (χ3n) is 1.94. The van der Waals surface area contributed by atoms with Crippen LogP contribution < -0.4 is 4.90 Å². The molecule has 14 heavy (non-hydrogen) atoms. The summed E-state index contributed by atoms with van der Waals surface area (Å²) >= 11 is 3.53. The van der Waals surface area contributed by atoms with Crippen LogP contribution in [0, 0.1) is 13.8 Å². The van der Waals surface area contributed by atoms with E-state index in [9.17, 15) is 0 Å². The standard InChI is InChI=1S/C10H16BrN3/c1-7(11)6-14(4)10-9(3)12-5-8(2)13-10/h5,7H,6H2,1-4H3. The molecule has 1 heterocycles. The second-order valence-corrected chi connectivity index (χ2v) is 5.14. The van der Waals surface area contributed by atoms with Crippen molar-refractivity contribution >= 4 is 21.7 Å². The molecule has 1 atom stereocenters. The number of hydrogen-bond donors (Lipinski definition) is 0. The highest BCUT2D eigenvalue weighted by Crippen LogP contribution is 2.14. The molecular weight excluding hydrogens is 242 g/mol. The molecule has 4 heteroatoms. The first kappa shape index (κ1) is 11.4. The summed E-state index contributed by atoms with van der Waals surface area (Å²) in [5.41, 5.74) is 1.94. The Morgan fingerprint density at radius 2 is 2.14 bits per heavy atom. The highest BCUT2D eigenvalue weighted by atomic mass is 79.9. The number of nitrogens with zero attached hydrogens (tertiary/aromatic N) is 3. The van der Waals surface area contributed by atoms with Crippen molar-refractivity contribution in [3.05, 3.63) is 17.6 Å². The molecule has 1 unspecified atom stereocenters. The van der Waals surface area contributed by atoms with Crippen molar-refractivity contribution in [3.63, 3.8) is 0 Å². The minimum absolute atomic E-state index is 0.453. The first-order valence-electron chi connectivity index (χ1n) is 4.66. The van der Waals surface area contributed by atoms with Gasteiger partial charge in [-0.25, -0.2) is 4.98 Å². The smallest absolute Gasteiger partial charge is 0.150 e. The molecule has 0 saturated heterocycles. The Balaban J connectivity index is 2.88. The fraction of sp³-hybridized carbons (Fsp3) is 0.600. The third kappa shape index (κ3) is 2.94. The summed E-state index contributed by atoms with van der Waals surface area (Å²) in [5.74, 6) is 0.969. The summed E-state index contributed by atoms with van der Waals surface area (Å²) in [5, 5.41) is 0. The maximum absolute atomic E-state index is 4.47. The zero-order chi connectivity index (χ0) is 10.7. The number of rotatable bonds is 3. The lowest BCUT2D eigenvalue weighted by Crippen LogP contribution is -2.26. The van der Waals surface area contributed by atoms with Crippen molar-refractivity contribution in [1.82, 2.24) is 9.97 Å². The van der Waals surface area contributed by atoms with Gasteiger partial charge in [0, 0.05) is 24.6 Å². The Kier molecular flexibility index (Phi) is 3.86. The van der Waals surface area contributed by atoms with Gasteiger partial charge in [-0.2, -0.15) is 0 Å². The molecule has 1 rings (SSSR count). The second-order valence-electron chi connectivity index (χ2n) is 3.58. The van der Waals surface area contributed by atoms with Crippen LogP contribution in [0.5, 0.6) is 0 Å². The van der Waals surface area contributed by atoms with E-state index in [1.165, 1.54) is 0 Å². The van der Waals surface area contributed by atoms with E-state index >= 15 is 0 Å². The molecule has 0 radical (unpaired) electrons. The van der Waals surface area contributed by atoms with Gasteiger partial charge in [0.1, 0.15) is 5.82 Å². The first-order chi connectivity index (χ1) is 6.50. The van der Waals surface area contributed by atoms with Crippen LogP contribution in [-0.4, -0.2) is 28.4 Å². The average Bonchev–Trinajstić information content (AvgIpc) is 2.08. The predicted octanol–water partition coefficient (Wildman–Crippen LogP) is 2.31. The van der Waals surface area contributed by atoms with E-state index in [1.807, 2.05) is 20.9 Å². The van der Waals surface area contributed by atoms with Gasteiger partial charge in [0.05, 0.1) is 11.4 Å². The molecule has 0 spiro atoms. The second kappa shape index (κ2) is 4.73. The fourth-order valence-corrected chi connectivity index (χ4v) is 1.78. The molecule has 0 fully saturated rings. The van der Waals surface area contributed by atoms with Crippen molar-refractivity contribution < 1.29 is 0 Å². The SMILES string of the molecule is Cc1cnc(C)c(N(C)CC(C)Br)n1. The van der Waals surface area contributed by atoms with E-state index in [0.717, 1.165) is 23.8 Å². The molecule has 1 aromatic rings. The Morgan fingerprint density at radius 1 is 1.50 bits per heavy atom. The van der Waals surface area contributed by atoms with E-state index < -0.39 is 0 Å². The lowest BCUT2D eigenvalue weighted by atomic mass is 10.3. The largest absolute Gasteiger partial charge is 0.357 e. The first-order valence-corrected chi connectivity index (χ1v) is 5.57. The topological polar surface area (TPSA) is 29.0 Å². The monoisotopic (exact) mass is 257 g/mol. The molecule has 0 saturated carbocycles. The molecule has 0 aliphatic carbocycles. The van der Waals surface area contributed by atoms with Crippen molar-refractivity contribution in [3.8, 4) is 0 Å². The quantitative estimate of drug-likeness (QED) is 0.779. The predicted molar refractivity (Wildman–Crippen MR) is 63.2 cm³/mol. The number of anilines is 1. The lowest BCUT2D eigenvalue weighted by Gasteiger charge is -2.21. The van der Waals surface area contributed by atoms with Crippen LogP contribution >= 0.6 is 15.9 Å². The normalized spacial score (nSPS) is 12.6. The van der Waals surface area contributed by atoms with Crippen molar-refractivity contribution in [1.29, 1.82) is 0 Å². The summed E-state index contributed by atoms with van der Waals surface area (Å²) in [6.07, 6.45) is 1.80. The molecule has 0 aliphatic heterocycles. The van der Waals surface area contributed by atoms with Gasteiger partial charge < -0.3 is 4.90 Å². The molecule has 0 bridgehead atoms. The van der Waals surface area contributed by atoms with E-state index in [1.54, 1.807) is 6.20 Å². The number of aromatic nitrogens is 2. The van der Waals surface area contributed by atoms with Crippen molar-refractivity contribution in [2.75, 3.05) is 18.5 Å². The number of alkyl halides is 1. The fourth-order valence-electron chi connectivity index (χ4n) is 1.35. The molecule has 3 nitrogen and oxygen atoms in total. The summed E-state index contributed by atoms with van der Waals surface area (Å²) in [7, 11) is 2.04. The van der Waals surface area contributed by atoms with Crippen LogP contribution in [0.4, 0.5) is 5.82 Å². The Bertz CT molecular complexity index is 312. The Morgan fingerprint density at radius 3 is 2.71 bits per heavy atom. The van der Waals surface area contributed by atoms with E-state index in [4.69, 9.17) is 0 Å². The van der Waals surface area contributed by atoms with Crippen LogP contribution in [-0.2, 0) is 0 Å². The number of halogens is 1. The van der Waals surface area contributed by atoms with Crippen LogP contribution in [0.2, 0.25) is 0 Å². The zero-order valence-corrected chi connectivity index (χ0v) is 10.7. The van der Waals surface area contributed by atoms with Gasteiger partial charge in [0.25, 0.3) is 0 Å². The van der Waals surface area contributed by atoms with Crippen molar-refractivity contribution in [2.24, 2.45) is 0 Å². The van der Waals surface area contributed by atoms with E-state index in [-0.39, 0.29) is 0 Å². The Labute approximate surface area is 93.7 Å². The molecule has 78 valence electrons. The highest BCUT2D eigenvalue weighted by molar-refractivity contribution is 9.09. The van der Waals surface area contributed by atoms with Gasteiger partial charge in [0.2, 0.25) is 0 Å². The van der Waals surface area contributed by atoms with Gasteiger partial charge in [-0.3, -0.25) is 4.98 Å². The highest BCUT2D eigenvalue weighted by Gasteiger charge is 2.09. The van der Waals surface area contributed by atoms with E-state index in [0.29, 0.717) is 4.83 Å². The summed E-state index contributed by atoms with van der Waals surface area (Å²) < 4.78 is 0. The summed E-state index contributed by atoms with van der Waals surface area (Å²) in [6, 6.07) is 0. The molecule has 0 amide bonds. The molecule has 0 N–H and O–H groups in total. The van der Waals surface area contributed by atoms with Crippen LogP contribution in [0.1, 0.15) is 18.3 Å². The lowest BCUT2D eigenvalue weighted by molar-refractivity contribution is 0.842. The molecule has 0 aromatic carbocycles. The van der Waals surface area contributed by atoms with Gasteiger partial charge in [-0.15, -0.1) is 0 Å². The van der Waals surface area contributed by atoms with Gasteiger partial charge in [0.15, 0.2) is 0 Å². The van der Waals surface area contributed by atoms with Crippen LogP contribution in [0.25, 0.3) is 0 Å². The number of hydrogen-bond acceptors (Lipinski definition) is 3. The summed E-state index contributed by atoms with van der Waals surface area (Å²) in [4.78, 5) is 11.3. The van der Waals surface area contributed by atoms with Gasteiger partial charge in [-0.05, 0) is 13.8 Å². The Hall–Kier alpha value is -0.640.